The normalized spacial score (nSPS) is 12.1. The van der Waals surface area contributed by atoms with Gasteiger partial charge in [-0.25, -0.2) is 5.43 Å². The average molecular weight is 411 g/mol. The highest BCUT2D eigenvalue weighted by Crippen LogP contribution is 2.27. The van der Waals surface area contributed by atoms with Gasteiger partial charge in [-0.1, -0.05) is 41.9 Å². The first kappa shape index (κ1) is 20.7. The van der Waals surface area contributed by atoms with Crippen molar-refractivity contribution in [3.63, 3.8) is 0 Å². The minimum Gasteiger partial charge on any atom is -0.493 e. The second kappa shape index (κ2) is 9.43. The fourth-order valence-electron chi connectivity index (χ4n) is 2.93. The van der Waals surface area contributed by atoms with E-state index in [1.165, 1.54) is 0 Å². The molecule has 1 amide bonds. The van der Waals surface area contributed by atoms with Crippen LogP contribution in [0.15, 0.2) is 59.7 Å². The Morgan fingerprint density at radius 1 is 1.17 bits per heavy atom. The van der Waals surface area contributed by atoms with Gasteiger partial charge in [0.15, 0.2) is 6.10 Å². The fraction of sp³-hybridized carbons (Fsp3) is 0.217. The number of nitrogens with zero attached hydrogens (tertiary/aromatic N) is 1. The molecule has 0 unspecified atom stereocenters. The van der Waals surface area contributed by atoms with Crippen LogP contribution in [0.4, 0.5) is 0 Å². The lowest BCUT2D eigenvalue weighted by Gasteiger charge is -2.15. The summed E-state index contributed by atoms with van der Waals surface area (Å²) in [6.07, 6.45) is 0.886. The largest absolute Gasteiger partial charge is 0.493 e. The van der Waals surface area contributed by atoms with Gasteiger partial charge in [-0.05, 0) is 61.4 Å². The molecule has 150 valence electrons. The topological polar surface area (TPSA) is 59.9 Å². The van der Waals surface area contributed by atoms with Crippen molar-refractivity contribution >= 4 is 34.5 Å². The zero-order valence-electron chi connectivity index (χ0n) is 16.6. The second-order valence-electron chi connectivity index (χ2n) is 6.54. The van der Waals surface area contributed by atoms with Crippen molar-refractivity contribution in [1.29, 1.82) is 0 Å². The van der Waals surface area contributed by atoms with Crippen molar-refractivity contribution in [2.24, 2.45) is 5.10 Å². The molecule has 0 radical (unpaired) electrons. The van der Waals surface area contributed by atoms with Gasteiger partial charge < -0.3 is 9.47 Å². The van der Waals surface area contributed by atoms with E-state index < -0.39 is 6.10 Å². The van der Waals surface area contributed by atoms with Crippen molar-refractivity contribution in [2.45, 2.75) is 26.9 Å². The van der Waals surface area contributed by atoms with E-state index in [0.717, 1.165) is 21.9 Å². The minimum absolute atomic E-state index is 0.353. The maximum Gasteiger partial charge on any atom is 0.280 e. The van der Waals surface area contributed by atoms with Gasteiger partial charge in [0.25, 0.3) is 5.91 Å². The van der Waals surface area contributed by atoms with Crippen LogP contribution in [-0.2, 0) is 4.79 Å². The molecule has 5 nitrogen and oxygen atoms in total. The van der Waals surface area contributed by atoms with Gasteiger partial charge in [-0.15, -0.1) is 0 Å². The minimum atomic E-state index is -0.717. The number of rotatable bonds is 7. The quantitative estimate of drug-likeness (QED) is 0.434. The molecule has 1 N–H and O–H groups in total. The zero-order chi connectivity index (χ0) is 20.8. The molecule has 0 aliphatic rings. The number of hydrogen-bond donors (Lipinski definition) is 1. The smallest absolute Gasteiger partial charge is 0.280 e. The Kier molecular flexibility index (Phi) is 6.73. The SMILES string of the molecule is CCOc1ccc2ccccc2c1C=NNC(=O)[C@H](C)Oc1ccc(Cl)cc1C. The molecule has 0 aliphatic carbocycles. The van der Waals surface area contributed by atoms with Crippen LogP contribution < -0.4 is 14.9 Å². The van der Waals surface area contributed by atoms with Gasteiger partial charge in [0.05, 0.1) is 12.8 Å². The van der Waals surface area contributed by atoms with E-state index >= 15 is 0 Å². The molecular formula is C23H23ClN2O3. The summed E-state index contributed by atoms with van der Waals surface area (Å²) in [6.45, 7) is 6.01. The predicted molar refractivity (Wildman–Crippen MR) is 117 cm³/mol. The summed E-state index contributed by atoms with van der Waals surface area (Å²) in [4.78, 5) is 12.4. The van der Waals surface area contributed by atoms with E-state index in [9.17, 15) is 4.79 Å². The molecule has 29 heavy (non-hydrogen) atoms. The molecule has 6 heteroatoms. The lowest BCUT2D eigenvalue weighted by molar-refractivity contribution is -0.127. The third kappa shape index (κ3) is 5.06. The molecule has 3 aromatic carbocycles. The number of benzene rings is 3. The Morgan fingerprint density at radius 2 is 1.93 bits per heavy atom. The van der Waals surface area contributed by atoms with Crippen molar-refractivity contribution in [2.75, 3.05) is 6.61 Å². The first-order valence-electron chi connectivity index (χ1n) is 9.40. The highest BCUT2D eigenvalue weighted by molar-refractivity contribution is 6.30. The fourth-order valence-corrected chi connectivity index (χ4v) is 3.16. The molecular weight excluding hydrogens is 388 g/mol. The summed E-state index contributed by atoms with van der Waals surface area (Å²) in [5, 5.41) is 6.82. The van der Waals surface area contributed by atoms with Gasteiger partial charge in [-0.2, -0.15) is 5.10 Å². The summed E-state index contributed by atoms with van der Waals surface area (Å²) in [5.74, 6) is 0.966. The summed E-state index contributed by atoms with van der Waals surface area (Å²) >= 11 is 5.96. The average Bonchev–Trinajstić information content (AvgIpc) is 2.71. The third-order valence-electron chi connectivity index (χ3n) is 4.41. The van der Waals surface area contributed by atoms with Crippen LogP contribution in [0.1, 0.15) is 25.0 Å². The number of hydrogen-bond acceptors (Lipinski definition) is 4. The first-order valence-corrected chi connectivity index (χ1v) is 9.77. The van der Waals surface area contributed by atoms with Crippen LogP contribution in [0.5, 0.6) is 11.5 Å². The van der Waals surface area contributed by atoms with Crippen LogP contribution in [-0.4, -0.2) is 24.8 Å². The van der Waals surface area contributed by atoms with Crippen molar-refractivity contribution in [3.8, 4) is 11.5 Å². The van der Waals surface area contributed by atoms with E-state index in [4.69, 9.17) is 21.1 Å². The summed E-state index contributed by atoms with van der Waals surface area (Å²) in [5.41, 5.74) is 4.21. The number of hydrazone groups is 1. The number of nitrogens with one attached hydrogen (secondary N) is 1. The summed E-state index contributed by atoms with van der Waals surface area (Å²) in [6, 6.07) is 17.1. The van der Waals surface area contributed by atoms with Gasteiger partial charge in [0, 0.05) is 10.6 Å². The maximum atomic E-state index is 12.4. The van der Waals surface area contributed by atoms with Crippen molar-refractivity contribution in [1.82, 2.24) is 5.43 Å². The lowest BCUT2D eigenvalue weighted by atomic mass is 10.0. The van der Waals surface area contributed by atoms with E-state index in [1.54, 1.807) is 31.3 Å². The lowest BCUT2D eigenvalue weighted by Crippen LogP contribution is -2.33. The summed E-state index contributed by atoms with van der Waals surface area (Å²) in [7, 11) is 0. The van der Waals surface area contributed by atoms with Gasteiger partial charge in [0.2, 0.25) is 0 Å². The van der Waals surface area contributed by atoms with Crippen LogP contribution in [0, 0.1) is 6.92 Å². The van der Waals surface area contributed by atoms with Gasteiger partial charge in [0.1, 0.15) is 11.5 Å². The van der Waals surface area contributed by atoms with Crippen LogP contribution >= 0.6 is 11.6 Å². The van der Waals surface area contributed by atoms with Crippen molar-refractivity contribution < 1.29 is 14.3 Å². The Morgan fingerprint density at radius 3 is 2.69 bits per heavy atom. The Balaban J connectivity index is 1.73. The predicted octanol–water partition coefficient (Wildman–Crippen LogP) is 5.12. The number of carbonyl (C=O) groups excluding carboxylic acids is 1. The van der Waals surface area contributed by atoms with Gasteiger partial charge in [-0.3, -0.25) is 4.79 Å². The van der Waals surface area contributed by atoms with Crippen LogP contribution in [0.25, 0.3) is 10.8 Å². The molecule has 3 aromatic rings. The van der Waals surface area contributed by atoms with E-state index in [0.29, 0.717) is 23.1 Å². The maximum absolute atomic E-state index is 12.4. The Labute approximate surface area is 175 Å². The van der Waals surface area contributed by atoms with E-state index in [-0.39, 0.29) is 5.91 Å². The molecule has 0 saturated carbocycles. The zero-order valence-corrected chi connectivity index (χ0v) is 17.4. The third-order valence-corrected chi connectivity index (χ3v) is 4.64. The molecule has 0 aromatic heterocycles. The highest BCUT2D eigenvalue weighted by Gasteiger charge is 2.15. The van der Waals surface area contributed by atoms with Crippen LogP contribution in [0.3, 0.4) is 0 Å². The van der Waals surface area contributed by atoms with Gasteiger partial charge >= 0.3 is 0 Å². The number of aryl methyl sites for hydroxylation is 1. The molecule has 1 atom stereocenters. The molecule has 0 bridgehead atoms. The van der Waals surface area contributed by atoms with Crippen LogP contribution in [0.2, 0.25) is 5.02 Å². The number of amides is 1. The number of halogens is 1. The molecule has 3 rings (SSSR count). The number of ether oxygens (including phenoxy) is 2. The Bertz CT molecular complexity index is 1050. The summed E-state index contributed by atoms with van der Waals surface area (Å²) < 4.78 is 11.4. The highest BCUT2D eigenvalue weighted by atomic mass is 35.5. The molecule has 0 aliphatic heterocycles. The molecule has 0 spiro atoms. The van der Waals surface area contributed by atoms with Crippen molar-refractivity contribution in [3.05, 3.63) is 70.7 Å². The van der Waals surface area contributed by atoms with E-state index in [1.807, 2.05) is 50.2 Å². The molecule has 0 heterocycles. The standard InChI is InChI=1S/C23H23ClN2O3/c1-4-28-22-11-9-17-7-5-6-8-19(17)20(22)14-25-26-23(27)16(3)29-21-12-10-18(24)13-15(21)2/h5-14,16H,4H2,1-3H3,(H,26,27)/t16-/m0/s1. The Hall–Kier alpha value is -3.05. The number of fused-ring (bicyclic) bond motifs is 1. The molecule has 0 fully saturated rings. The van der Waals surface area contributed by atoms with E-state index in [2.05, 4.69) is 10.5 Å². The molecule has 0 saturated heterocycles. The first-order chi connectivity index (χ1) is 14.0. The second-order valence-corrected chi connectivity index (χ2v) is 6.97. The monoisotopic (exact) mass is 410 g/mol. The number of carbonyl (C=O) groups is 1.